The fourth-order valence-electron chi connectivity index (χ4n) is 2.82. The highest BCUT2D eigenvalue weighted by Gasteiger charge is 2.29. The smallest absolute Gasteiger partial charge is 0.414 e. The van der Waals surface area contributed by atoms with Crippen molar-refractivity contribution in [2.75, 3.05) is 11.4 Å². The maximum absolute atomic E-state index is 12.3. The molecule has 1 aliphatic rings. The van der Waals surface area contributed by atoms with Crippen LogP contribution in [0.3, 0.4) is 0 Å². The molecule has 0 bridgehead atoms. The number of nitrogens with one attached hydrogen (secondary N) is 1. The topological polar surface area (TPSA) is 75.7 Å². The molecule has 0 spiro atoms. The Morgan fingerprint density at radius 3 is 2.56 bits per heavy atom. The normalized spacial score (nSPS) is 17.1. The number of benzene rings is 2. The number of ether oxygens (including phenoxy) is 1. The number of hydrogen-bond acceptors (Lipinski definition) is 4. The lowest BCUT2D eigenvalue weighted by Gasteiger charge is -2.32. The number of hydrogen-bond donors (Lipinski definition) is 1. The molecule has 132 valence electrons. The Bertz CT molecular complexity index is 881. The second-order valence-electron chi connectivity index (χ2n) is 5.80. The largest absolute Gasteiger partial charge is 0.441 e. The lowest BCUT2D eigenvalue weighted by Crippen LogP contribution is -2.36. The van der Waals surface area contributed by atoms with E-state index in [1.807, 2.05) is 32.0 Å². The highest BCUT2D eigenvalue weighted by Crippen LogP contribution is 2.34. The van der Waals surface area contributed by atoms with E-state index in [0.29, 0.717) is 6.54 Å². The summed E-state index contributed by atoms with van der Waals surface area (Å²) in [5, 5.41) is 0. The molecule has 2 aromatic carbocycles. The van der Waals surface area contributed by atoms with Crippen LogP contribution in [0.2, 0.25) is 0 Å². The van der Waals surface area contributed by atoms with E-state index in [2.05, 4.69) is 4.72 Å². The van der Waals surface area contributed by atoms with Crippen molar-refractivity contribution < 1.29 is 17.9 Å². The maximum atomic E-state index is 12.3. The zero-order valence-corrected chi connectivity index (χ0v) is 14.9. The van der Waals surface area contributed by atoms with E-state index < -0.39 is 10.0 Å². The summed E-state index contributed by atoms with van der Waals surface area (Å²) in [5.41, 5.74) is 2.48. The van der Waals surface area contributed by atoms with Gasteiger partial charge in [-0.15, -0.1) is 0 Å². The number of amides is 1. The summed E-state index contributed by atoms with van der Waals surface area (Å²) in [5.74, 6) is 0. The molecule has 1 aliphatic heterocycles. The Labute approximate surface area is 147 Å². The molecule has 1 atom stereocenters. The van der Waals surface area contributed by atoms with Crippen molar-refractivity contribution in [3.8, 4) is 0 Å². The van der Waals surface area contributed by atoms with E-state index in [-0.39, 0.29) is 23.6 Å². The summed E-state index contributed by atoms with van der Waals surface area (Å²) < 4.78 is 32.6. The lowest BCUT2D eigenvalue weighted by molar-refractivity contribution is 0.108. The molecule has 7 heteroatoms. The summed E-state index contributed by atoms with van der Waals surface area (Å²) in [4.78, 5) is 13.7. The lowest BCUT2D eigenvalue weighted by atomic mass is 10.0. The van der Waals surface area contributed by atoms with Gasteiger partial charge < -0.3 is 4.74 Å². The summed E-state index contributed by atoms with van der Waals surface area (Å²) in [6.07, 6.45) is -0.726. The van der Waals surface area contributed by atoms with E-state index in [0.717, 1.165) is 16.8 Å². The van der Waals surface area contributed by atoms with Crippen molar-refractivity contribution >= 4 is 21.8 Å². The van der Waals surface area contributed by atoms with Crippen molar-refractivity contribution in [2.45, 2.75) is 31.4 Å². The third-order valence-corrected chi connectivity index (χ3v) is 5.57. The number of cyclic esters (lactones) is 1. The van der Waals surface area contributed by atoms with Crippen molar-refractivity contribution in [3.63, 3.8) is 0 Å². The number of fused-ring (bicyclic) bond motifs is 1. The molecule has 0 aliphatic carbocycles. The molecule has 0 saturated carbocycles. The van der Waals surface area contributed by atoms with Crippen LogP contribution >= 0.6 is 0 Å². The van der Waals surface area contributed by atoms with Gasteiger partial charge in [0.2, 0.25) is 10.0 Å². The Morgan fingerprint density at radius 2 is 1.88 bits per heavy atom. The van der Waals surface area contributed by atoms with Crippen molar-refractivity contribution in [2.24, 2.45) is 0 Å². The van der Waals surface area contributed by atoms with E-state index in [1.165, 1.54) is 0 Å². The molecule has 6 nitrogen and oxygen atoms in total. The first kappa shape index (κ1) is 17.4. The van der Waals surface area contributed by atoms with Crippen molar-refractivity contribution in [3.05, 3.63) is 59.7 Å². The predicted octanol–water partition coefficient (Wildman–Crippen LogP) is 3.20. The van der Waals surface area contributed by atoms with Gasteiger partial charge in [-0.25, -0.2) is 17.9 Å². The van der Waals surface area contributed by atoms with Crippen LogP contribution in [0.15, 0.2) is 53.4 Å². The van der Waals surface area contributed by atoms with Gasteiger partial charge in [0.1, 0.15) is 6.10 Å². The average Bonchev–Trinajstić information content (AvgIpc) is 2.61. The van der Waals surface area contributed by atoms with E-state index in [9.17, 15) is 13.2 Å². The maximum Gasteiger partial charge on any atom is 0.414 e. The van der Waals surface area contributed by atoms with Gasteiger partial charge in [-0.05, 0) is 43.7 Å². The van der Waals surface area contributed by atoms with Gasteiger partial charge in [-0.1, -0.05) is 24.3 Å². The Morgan fingerprint density at radius 1 is 1.16 bits per heavy atom. The van der Waals surface area contributed by atoms with Gasteiger partial charge in [0.25, 0.3) is 0 Å². The first-order valence-corrected chi connectivity index (χ1v) is 9.56. The van der Waals surface area contributed by atoms with Crippen LogP contribution in [-0.2, 0) is 21.3 Å². The minimum Gasteiger partial charge on any atom is -0.441 e. The summed E-state index contributed by atoms with van der Waals surface area (Å²) >= 11 is 0. The molecule has 1 heterocycles. The van der Waals surface area contributed by atoms with E-state index in [1.54, 1.807) is 35.2 Å². The molecule has 1 unspecified atom stereocenters. The standard InChI is InChI=1S/C18H20N2O4S/c1-3-20-17-10-9-14(11-16(17)13(2)24-18(20)21)12-19-25(22,23)15-7-5-4-6-8-15/h4-11,13,19H,3,12H2,1-2H3. The van der Waals surface area contributed by atoms with Gasteiger partial charge >= 0.3 is 6.09 Å². The van der Waals surface area contributed by atoms with E-state index in [4.69, 9.17) is 4.74 Å². The van der Waals surface area contributed by atoms with Crippen LogP contribution in [0.1, 0.15) is 31.1 Å². The molecular weight excluding hydrogens is 340 g/mol. The second-order valence-corrected chi connectivity index (χ2v) is 7.57. The third kappa shape index (κ3) is 3.52. The predicted molar refractivity (Wildman–Crippen MR) is 94.8 cm³/mol. The van der Waals surface area contributed by atoms with Crippen LogP contribution in [0, 0.1) is 0 Å². The van der Waals surface area contributed by atoms with Gasteiger partial charge in [-0.3, -0.25) is 4.90 Å². The molecule has 3 rings (SSSR count). The molecule has 0 radical (unpaired) electrons. The van der Waals surface area contributed by atoms with Crippen molar-refractivity contribution in [1.29, 1.82) is 0 Å². The molecular formula is C18H20N2O4S. The molecule has 0 aromatic heterocycles. The highest BCUT2D eigenvalue weighted by atomic mass is 32.2. The zero-order valence-electron chi connectivity index (χ0n) is 14.1. The Kier molecular flexibility index (Phi) is 4.78. The highest BCUT2D eigenvalue weighted by molar-refractivity contribution is 7.89. The minimum atomic E-state index is -3.56. The molecule has 2 aromatic rings. The van der Waals surface area contributed by atoms with Crippen LogP contribution < -0.4 is 9.62 Å². The third-order valence-electron chi connectivity index (χ3n) is 4.15. The first-order chi connectivity index (χ1) is 11.9. The SMILES string of the molecule is CCN1C(=O)OC(C)c2cc(CNS(=O)(=O)c3ccccc3)ccc21. The van der Waals surface area contributed by atoms with Gasteiger partial charge in [0.05, 0.1) is 10.6 Å². The molecule has 25 heavy (non-hydrogen) atoms. The van der Waals surface area contributed by atoms with Gasteiger partial charge in [0, 0.05) is 18.7 Å². The summed E-state index contributed by atoms with van der Waals surface area (Å²) in [6.45, 7) is 4.36. The molecule has 0 fully saturated rings. The van der Waals surface area contributed by atoms with E-state index >= 15 is 0 Å². The van der Waals surface area contributed by atoms with Crippen LogP contribution in [0.4, 0.5) is 10.5 Å². The number of anilines is 1. The first-order valence-electron chi connectivity index (χ1n) is 8.08. The second kappa shape index (κ2) is 6.85. The molecule has 1 amide bonds. The fraction of sp³-hybridized carbons (Fsp3) is 0.278. The number of carbonyl (C=O) groups excluding carboxylic acids is 1. The number of nitrogens with zero attached hydrogens (tertiary/aromatic N) is 1. The zero-order chi connectivity index (χ0) is 18.0. The van der Waals surface area contributed by atoms with Crippen LogP contribution in [0.25, 0.3) is 0 Å². The quantitative estimate of drug-likeness (QED) is 0.888. The van der Waals surface area contributed by atoms with Crippen LogP contribution in [0.5, 0.6) is 0 Å². The average molecular weight is 360 g/mol. The van der Waals surface area contributed by atoms with Gasteiger partial charge in [-0.2, -0.15) is 0 Å². The monoisotopic (exact) mass is 360 g/mol. The summed E-state index contributed by atoms with van der Waals surface area (Å²) in [7, 11) is -3.56. The number of rotatable bonds is 5. The number of sulfonamides is 1. The summed E-state index contributed by atoms with van der Waals surface area (Å²) in [6, 6.07) is 13.8. The van der Waals surface area contributed by atoms with Crippen LogP contribution in [-0.4, -0.2) is 21.1 Å². The Hall–Kier alpha value is -2.38. The van der Waals surface area contributed by atoms with Crippen molar-refractivity contribution in [1.82, 2.24) is 4.72 Å². The fourth-order valence-corrected chi connectivity index (χ4v) is 3.86. The molecule has 1 N–H and O–H groups in total. The number of carbonyl (C=O) groups is 1. The molecule has 0 saturated heterocycles. The Balaban J connectivity index is 1.81. The van der Waals surface area contributed by atoms with Gasteiger partial charge in [0.15, 0.2) is 0 Å². The minimum absolute atomic E-state index is 0.164.